The minimum atomic E-state index is -0.172. The molecule has 0 bridgehead atoms. The highest BCUT2D eigenvalue weighted by molar-refractivity contribution is 4.88. The lowest BCUT2D eigenvalue weighted by molar-refractivity contribution is -0.0326. The molecule has 0 radical (unpaired) electrons. The lowest BCUT2D eigenvalue weighted by atomic mass is 9.65. The van der Waals surface area contributed by atoms with Crippen LogP contribution >= 0.6 is 0 Å². The second-order valence-electron chi connectivity index (χ2n) is 5.98. The monoisotopic (exact) mass is 200 g/mol. The third kappa shape index (κ3) is 3.61. The molecule has 0 heterocycles. The maximum atomic E-state index is 10.1. The summed E-state index contributed by atoms with van der Waals surface area (Å²) in [6.45, 7) is 13.1. The van der Waals surface area contributed by atoms with Crippen molar-refractivity contribution in [2.24, 2.45) is 10.8 Å². The van der Waals surface area contributed by atoms with E-state index in [2.05, 4.69) is 41.5 Å². The van der Waals surface area contributed by atoms with Crippen molar-refractivity contribution in [2.75, 3.05) is 0 Å². The van der Waals surface area contributed by atoms with Gasteiger partial charge < -0.3 is 5.11 Å². The molecule has 1 heteroatoms. The van der Waals surface area contributed by atoms with E-state index in [1.54, 1.807) is 0 Å². The van der Waals surface area contributed by atoms with Gasteiger partial charge in [-0.2, -0.15) is 0 Å². The second kappa shape index (κ2) is 5.16. The fourth-order valence-electron chi connectivity index (χ4n) is 1.45. The molecular weight excluding hydrogens is 172 g/mol. The molecule has 1 N–H and O–H groups in total. The van der Waals surface area contributed by atoms with Crippen molar-refractivity contribution < 1.29 is 5.11 Å². The number of aliphatic hydroxyl groups is 1. The van der Waals surface area contributed by atoms with Crippen molar-refractivity contribution in [3.05, 3.63) is 0 Å². The lowest BCUT2D eigenvalue weighted by Crippen LogP contribution is -2.40. The van der Waals surface area contributed by atoms with Gasteiger partial charge in [-0.3, -0.25) is 0 Å². The van der Waals surface area contributed by atoms with Gasteiger partial charge in [-0.25, -0.2) is 0 Å². The van der Waals surface area contributed by atoms with E-state index in [4.69, 9.17) is 0 Å². The fraction of sp³-hybridized carbons (Fsp3) is 1.00. The Hall–Kier alpha value is -0.0400. The first kappa shape index (κ1) is 14.0. The van der Waals surface area contributed by atoms with Crippen LogP contribution in [0.4, 0.5) is 0 Å². The van der Waals surface area contributed by atoms with Crippen LogP contribution in [0, 0.1) is 10.8 Å². The van der Waals surface area contributed by atoms with Gasteiger partial charge in [0, 0.05) is 0 Å². The molecular formula is C13H28O. The standard InChI is InChI=1S/C13H28O/c1-7-8-9-10-11(14)13(5,6)12(2,3)4/h11,14H,7-10H2,1-6H3. The summed E-state index contributed by atoms with van der Waals surface area (Å²) in [5.74, 6) is 0. The molecule has 0 spiro atoms. The minimum absolute atomic E-state index is 0.000736. The third-order valence-electron chi connectivity index (χ3n) is 3.85. The van der Waals surface area contributed by atoms with Gasteiger partial charge in [-0.1, -0.05) is 60.8 Å². The van der Waals surface area contributed by atoms with Crippen LogP contribution in [0.3, 0.4) is 0 Å². The third-order valence-corrected chi connectivity index (χ3v) is 3.85. The molecule has 0 aromatic rings. The zero-order valence-corrected chi connectivity index (χ0v) is 10.9. The molecule has 14 heavy (non-hydrogen) atoms. The number of rotatable bonds is 5. The Morgan fingerprint density at radius 1 is 1.00 bits per heavy atom. The van der Waals surface area contributed by atoms with E-state index in [0.717, 1.165) is 12.8 Å². The summed E-state index contributed by atoms with van der Waals surface area (Å²) in [6.07, 6.45) is 4.38. The van der Waals surface area contributed by atoms with Gasteiger partial charge in [0.05, 0.1) is 6.10 Å². The predicted octanol–water partition coefficient (Wildman–Crippen LogP) is 4.00. The largest absolute Gasteiger partial charge is 0.393 e. The Kier molecular flexibility index (Phi) is 5.14. The SMILES string of the molecule is CCCCCC(O)C(C)(C)C(C)(C)C. The highest BCUT2D eigenvalue weighted by atomic mass is 16.3. The van der Waals surface area contributed by atoms with Crippen LogP contribution in [0.15, 0.2) is 0 Å². The molecule has 0 aliphatic carbocycles. The molecule has 0 aromatic heterocycles. The Balaban J connectivity index is 4.15. The summed E-state index contributed by atoms with van der Waals surface area (Å²) >= 11 is 0. The van der Waals surface area contributed by atoms with E-state index < -0.39 is 0 Å². The average Bonchev–Trinajstić information content (AvgIpc) is 2.02. The molecule has 0 amide bonds. The van der Waals surface area contributed by atoms with Gasteiger partial charge in [0.15, 0.2) is 0 Å². The molecule has 1 atom stereocenters. The Labute approximate surface area is 89.9 Å². The molecule has 1 unspecified atom stereocenters. The number of hydrogen-bond acceptors (Lipinski definition) is 1. The number of hydrogen-bond donors (Lipinski definition) is 1. The highest BCUT2D eigenvalue weighted by Gasteiger charge is 2.38. The summed E-state index contributed by atoms with van der Waals surface area (Å²) < 4.78 is 0. The van der Waals surface area contributed by atoms with Crippen molar-refractivity contribution in [1.82, 2.24) is 0 Å². The van der Waals surface area contributed by atoms with Crippen molar-refractivity contribution in [3.63, 3.8) is 0 Å². The average molecular weight is 200 g/mol. The Bertz CT molecular complexity index is 153. The van der Waals surface area contributed by atoms with E-state index in [9.17, 15) is 5.11 Å². The van der Waals surface area contributed by atoms with Crippen LogP contribution in [0.2, 0.25) is 0 Å². The smallest absolute Gasteiger partial charge is 0.0596 e. The van der Waals surface area contributed by atoms with E-state index in [-0.39, 0.29) is 16.9 Å². The predicted molar refractivity (Wildman–Crippen MR) is 63.4 cm³/mol. The summed E-state index contributed by atoms with van der Waals surface area (Å²) in [7, 11) is 0. The van der Waals surface area contributed by atoms with Gasteiger partial charge >= 0.3 is 0 Å². The van der Waals surface area contributed by atoms with Crippen LogP contribution in [0.5, 0.6) is 0 Å². The molecule has 0 saturated heterocycles. The van der Waals surface area contributed by atoms with Gasteiger partial charge in [0.1, 0.15) is 0 Å². The van der Waals surface area contributed by atoms with Crippen LogP contribution < -0.4 is 0 Å². The molecule has 0 rings (SSSR count). The molecule has 86 valence electrons. The van der Waals surface area contributed by atoms with E-state index in [1.807, 2.05) is 0 Å². The maximum absolute atomic E-state index is 10.1. The van der Waals surface area contributed by atoms with Crippen molar-refractivity contribution in [2.45, 2.75) is 73.3 Å². The van der Waals surface area contributed by atoms with Crippen LogP contribution in [0.25, 0.3) is 0 Å². The first-order valence-electron chi connectivity index (χ1n) is 5.91. The zero-order valence-electron chi connectivity index (χ0n) is 10.9. The van der Waals surface area contributed by atoms with Crippen molar-refractivity contribution in [1.29, 1.82) is 0 Å². The highest BCUT2D eigenvalue weighted by Crippen LogP contribution is 2.42. The molecule has 1 nitrogen and oxygen atoms in total. The van der Waals surface area contributed by atoms with Crippen LogP contribution in [0.1, 0.15) is 67.2 Å². The van der Waals surface area contributed by atoms with E-state index >= 15 is 0 Å². The van der Waals surface area contributed by atoms with Crippen molar-refractivity contribution in [3.8, 4) is 0 Å². The minimum Gasteiger partial charge on any atom is -0.393 e. The molecule has 0 aliphatic heterocycles. The molecule has 0 aromatic carbocycles. The fourth-order valence-corrected chi connectivity index (χ4v) is 1.45. The summed E-state index contributed by atoms with van der Waals surface area (Å²) in [5, 5.41) is 10.1. The number of unbranched alkanes of at least 4 members (excludes halogenated alkanes) is 2. The first-order valence-corrected chi connectivity index (χ1v) is 5.91. The number of aliphatic hydroxyl groups excluding tert-OH is 1. The normalized spacial score (nSPS) is 15.6. The zero-order chi connectivity index (χ0) is 11.4. The Morgan fingerprint density at radius 2 is 1.50 bits per heavy atom. The van der Waals surface area contributed by atoms with Crippen LogP contribution in [-0.4, -0.2) is 11.2 Å². The first-order chi connectivity index (χ1) is 6.23. The Morgan fingerprint density at radius 3 is 1.86 bits per heavy atom. The molecule has 0 saturated carbocycles. The lowest BCUT2D eigenvalue weighted by Gasteiger charge is -2.42. The van der Waals surface area contributed by atoms with Gasteiger partial charge in [0.25, 0.3) is 0 Å². The second-order valence-corrected chi connectivity index (χ2v) is 5.98. The van der Waals surface area contributed by atoms with E-state index in [1.165, 1.54) is 12.8 Å². The summed E-state index contributed by atoms with van der Waals surface area (Å²) in [4.78, 5) is 0. The quantitative estimate of drug-likeness (QED) is 0.665. The topological polar surface area (TPSA) is 20.2 Å². The summed E-state index contributed by atoms with van der Waals surface area (Å²) in [5.41, 5.74) is 0.166. The molecule has 0 aliphatic rings. The summed E-state index contributed by atoms with van der Waals surface area (Å²) in [6, 6.07) is 0. The van der Waals surface area contributed by atoms with Gasteiger partial charge in [0.2, 0.25) is 0 Å². The molecule has 0 fully saturated rings. The maximum Gasteiger partial charge on any atom is 0.0596 e. The van der Waals surface area contributed by atoms with Crippen molar-refractivity contribution >= 4 is 0 Å². The van der Waals surface area contributed by atoms with Gasteiger partial charge in [-0.15, -0.1) is 0 Å². The van der Waals surface area contributed by atoms with Crippen LogP contribution in [-0.2, 0) is 0 Å². The van der Waals surface area contributed by atoms with Gasteiger partial charge in [-0.05, 0) is 17.3 Å². The van der Waals surface area contributed by atoms with E-state index in [0.29, 0.717) is 0 Å².